The highest BCUT2D eigenvalue weighted by Crippen LogP contribution is 2.29. The zero-order valence-corrected chi connectivity index (χ0v) is 21.9. The van der Waals surface area contributed by atoms with Crippen LogP contribution in [0, 0.1) is 11.3 Å². The van der Waals surface area contributed by atoms with E-state index in [2.05, 4.69) is 10.6 Å². The Labute approximate surface area is 203 Å². The monoisotopic (exact) mass is 481 g/mol. The molecule has 0 aromatic heterocycles. The van der Waals surface area contributed by atoms with Gasteiger partial charge in [0.25, 0.3) is 0 Å². The van der Waals surface area contributed by atoms with E-state index in [1.807, 2.05) is 20.8 Å². The van der Waals surface area contributed by atoms with Gasteiger partial charge in [0.15, 0.2) is 0 Å². The van der Waals surface area contributed by atoms with Crippen LogP contribution in [0.5, 0.6) is 0 Å². The molecule has 1 aliphatic carbocycles. The Bertz CT molecular complexity index is 749. The molecule has 0 spiro atoms. The molecule has 2 aliphatic rings. The summed E-state index contributed by atoms with van der Waals surface area (Å²) in [6.07, 6.45) is 5.29. The minimum Gasteiger partial charge on any atom is -0.467 e. The first-order chi connectivity index (χ1) is 15.7. The number of amides is 3. The van der Waals surface area contributed by atoms with Crippen LogP contribution in [0.15, 0.2) is 0 Å². The maximum absolute atomic E-state index is 13.6. The standard InChI is InChI=1S/C25H43N3O6/c1-24(2,3)19(21(30)28-15-11-14-17(28)22(31)33-7)27-20(29)18(16-12-9-8-10-13-16)26-23(32)34-25(4,5)6/h16-19H,8-15H2,1-7H3,(H,26,32)(H,27,29)/t17-,18-,19+/m0/s1. The molecule has 3 amide bonds. The van der Waals surface area contributed by atoms with E-state index in [4.69, 9.17) is 9.47 Å². The van der Waals surface area contributed by atoms with Crippen LogP contribution >= 0.6 is 0 Å². The summed E-state index contributed by atoms with van der Waals surface area (Å²) in [5.74, 6) is -1.20. The maximum Gasteiger partial charge on any atom is 0.408 e. The molecule has 0 bridgehead atoms. The predicted molar refractivity (Wildman–Crippen MR) is 128 cm³/mol. The first-order valence-corrected chi connectivity index (χ1v) is 12.4. The molecule has 194 valence electrons. The summed E-state index contributed by atoms with van der Waals surface area (Å²) in [5.41, 5.74) is -1.31. The van der Waals surface area contributed by atoms with Crippen molar-refractivity contribution >= 4 is 23.9 Å². The Balaban J connectivity index is 2.24. The number of likely N-dealkylation sites (tertiary alicyclic amines) is 1. The van der Waals surface area contributed by atoms with E-state index in [1.54, 1.807) is 20.8 Å². The van der Waals surface area contributed by atoms with Gasteiger partial charge in [0, 0.05) is 6.54 Å². The van der Waals surface area contributed by atoms with Crippen molar-refractivity contribution in [2.45, 2.75) is 110 Å². The van der Waals surface area contributed by atoms with E-state index in [0.29, 0.717) is 19.4 Å². The zero-order valence-electron chi connectivity index (χ0n) is 21.9. The van der Waals surface area contributed by atoms with Gasteiger partial charge >= 0.3 is 12.1 Å². The van der Waals surface area contributed by atoms with Crippen LogP contribution in [-0.2, 0) is 23.9 Å². The van der Waals surface area contributed by atoms with Gasteiger partial charge in [0.1, 0.15) is 23.7 Å². The zero-order chi connectivity index (χ0) is 25.7. The topological polar surface area (TPSA) is 114 Å². The largest absolute Gasteiger partial charge is 0.467 e. The lowest BCUT2D eigenvalue weighted by molar-refractivity contribution is -0.153. The smallest absolute Gasteiger partial charge is 0.408 e. The normalized spacial score (nSPS) is 21.4. The predicted octanol–water partition coefficient (Wildman–Crippen LogP) is 3.15. The molecule has 2 N–H and O–H groups in total. The third kappa shape index (κ3) is 7.60. The fourth-order valence-electron chi connectivity index (χ4n) is 4.76. The minimum absolute atomic E-state index is 0.0356. The Morgan fingerprint density at radius 2 is 1.50 bits per heavy atom. The minimum atomic E-state index is -0.864. The van der Waals surface area contributed by atoms with E-state index in [1.165, 1.54) is 12.0 Å². The average molecular weight is 482 g/mol. The number of esters is 1. The number of methoxy groups -OCH3 is 1. The van der Waals surface area contributed by atoms with Crippen molar-refractivity contribution in [1.82, 2.24) is 15.5 Å². The molecule has 1 saturated heterocycles. The molecule has 34 heavy (non-hydrogen) atoms. The van der Waals surface area contributed by atoms with Gasteiger partial charge in [-0.25, -0.2) is 9.59 Å². The van der Waals surface area contributed by atoms with E-state index >= 15 is 0 Å². The number of rotatable bonds is 6. The molecule has 0 unspecified atom stereocenters. The first kappa shape index (κ1) is 27.9. The Kier molecular flexibility index (Phi) is 9.37. The first-order valence-electron chi connectivity index (χ1n) is 12.4. The highest BCUT2D eigenvalue weighted by atomic mass is 16.6. The van der Waals surface area contributed by atoms with Crippen molar-refractivity contribution in [2.24, 2.45) is 11.3 Å². The van der Waals surface area contributed by atoms with Gasteiger partial charge in [0.05, 0.1) is 7.11 Å². The van der Waals surface area contributed by atoms with Crippen LogP contribution < -0.4 is 10.6 Å². The number of carbonyl (C=O) groups is 4. The summed E-state index contributed by atoms with van der Waals surface area (Å²) in [4.78, 5) is 53.4. The van der Waals surface area contributed by atoms with Gasteiger partial charge in [-0.05, 0) is 57.8 Å². The third-order valence-corrected chi connectivity index (χ3v) is 6.48. The molecule has 9 nitrogen and oxygen atoms in total. The van der Waals surface area contributed by atoms with E-state index in [-0.39, 0.29) is 11.8 Å². The fraction of sp³-hybridized carbons (Fsp3) is 0.840. The quantitative estimate of drug-likeness (QED) is 0.564. The molecule has 2 fully saturated rings. The van der Waals surface area contributed by atoms with Crippen molar-refractivity contribution < 1.29 is 28.7 Å². The number of ether oxygens (including phenoxy) is 2. The summed E-state index contributed by atoms with van der Waals surface area (Å²) in [6, 6.07) is -2.31. The Morgan fingerprint density at radius 1 is 0.882 bits per heavy atom. The third-order valence-electron chi connectivity index (χ3n) is 6.48. The van der Waals surface area contributed by atoms with Crippen LogP contribution in [0.2, 0.25) is 0 Å². The lowest BCUT2D eigenvalue weighted by atomic mass is 9.82. The maximum atomic E-state index is 13.6. The molecule has 2 rings (SSSR count). The van der Waals surface area contributed by atoms with Crippen molar-refractivity contribution in [3.05, 3.63) is 0 Å². The average Bonchev–Trinajstić information content (AvgIpc) is 3.23. The van der Waals surface area contributed by atoms with Crippen molar-refractivity contribution in [2.75, 3.05) is 13.7 Å². The number of carbonyl (C=O) groups excluding carboxylic acids is 4. The van der Waals surface area contributed by atoms with Crippen molar-refractivity contribution in [1.29, 1.82) is 0 Å². The van der Waals surface area contributed by atoms with Gasteiger partial charge in [-0.1, -0.05) is 40.0 Å². The summed E-state index contributed by atoms with van der Waals surface area (Å²) < 4.78 is 10.3. The van der Waals surface area contributed by atoms with Crippen molar-refractivity contribution in [3.8, 4) is 0 Å². The number of alkyl carbamates (subject to hydrolysis) is 1. The van der Waals surface area contributed by atoms with Gasteiger partial charge in [-0.15, -0.1) is 0 Å². The molecule has 1 saturated carbocycles. The Morgan fingerprint density at radius 3 is 2.03 bits per heavy atom. The van der Waals surface area contributed by atoms with Crippen LogP contribution in [0.3, 0.4) is 0 Å². The molecule has 9 heteroatoms. The molecule has 3 atom stereocenters. The fourth-order valence-corrected chi connectivity index (χ4v) is 4.76. The number of hydrogen-bond donors (Lipinski definition) is 2. The molecular formula is C25H43N3O6. The molecule has 0 radical (unpaired) electrons. The lowest BCUT2D eigenvalue weighted by Crippen LogP contribution is -2.61. The summed E-state index contributed by atoms with van der Waals surface area (Å²) >= 11 is 0. The van der Waals surface area contributed by atoms with Crippen molar-refractivity contribution in [3.63, 3.8) is 0 Å². The van der Waals surface area contributed by atoms with Crippen LogP contribution in [-0.4, -0.2) is 66.2 Å². The number of nitrogens with zero attached hydrogens (tertiary/aromatic N) is 1. The summed E-state index contributed by atoms with van der Waals surface area (Å²) in [5, 5.41) is 5.70. The van der Waals surface area contributed by atoms with Gasteiger partial charge in [-0.3, -0.25) is 9.59 Å². The molecule has 1 heterocycles. The van der Waals surface area contributed by atoms with Crippen LogP contribution in [0.4, 0.5) is 4.79 Å². The highest BCUT2D eigenvalue weighted by molar-refractivity contribution is 5.94. The number of hydrogen-bond acceptors (Lipinski definition) is 6. The molecule has 0 aromatic rings. The van der Waals surface area contributed by atoms with Crippen LogP contribution in [0.25, 0.3) is 0 Å². The Hall–Kier alpha value is -2.32. The number of nitrogens with one attached hydrogen (secondary N) is 2. The SMILES string of the molecule is COC(=O)[C@@H]1CCCN1C(=O)[C@@H](NC(=O)[C@@H](NC(=O)OC(C)(C)C)C1CCCCC1)C(C)(C)C. The van der Waals surface area contributed by atoms with Gasteiger partial charge < -0.3 is 25.0 Å². The highest BCUT2D eigenvalue weighted by Gasteiger charge is 2.43. The van der Waals surface area contributed by atoms with Gasteiger partial charge in [0.2, 0.25) is 11.8 Å². The van der Waals surface area contributed by atoms with Crippen LogP contribution in [0.1, 0.15) is 86.5 Å². The molecule has 1 aliphatic heterocycles. The summed E-state index contributed by atoms with van der Waals surface area (Å²) in [7, 11) is 1.31. The molecule has 0 aromatic carbocycles. The second-order valence-corrected chi connectivity index (χ2v) is 11.5. The summed E-state index contributed by atoms with van der Waals surface area (Å²) in [6.45, 7) is 11.4. The van der Waals surface area contributed by atoms with E-state index < -0.39 is 47.1 Å². The van der Waals surface area contributed by atoms with E-state index in [9.17, 15) is 19.2 Å². The molecular weight excluding hydrogens is 438 g/mol. The lowest BCUT2D eigenvalue weighted by Gasteiger charge is -2.37. The van der Waals surface area contributed by atoms with E-state index in [0.717, 1.165) is 32.1 Å². The van der Waals surface area contributed by atoms with Gasteiger partial charge in [-0.2, -0.15) is 0 Å². The second kappa shape index (κ2) is 11.4. The second-order valence-electron chi connectivity index (χ2n) is 11.5.